The number of rotatable bonds is 3. The molecule has 0 aliphatic heterocycles. The molecule has 0 bridgehead atoms. The first-order valence-electron chi connectivity index (χ1n) is 6.61. The first-order valence-corrected chi connectivity index (χ1v) is 6.61. The Morgan fingerprint density at radius 2 is 1.80 bits per heavy atom. The number of methoxy groups -OCH3 is 3. The van der Waals surface area contributed by atoms with Gasteiger partial charge in [-0.2, -0.15) is 0 Å². The summed E-state index contributed by atoms with van der Waals surface area (Å²) in [4.78, 5) is 4.71. The predicted octanol–water partition coefficient (Wildman–Crippen LogP) is 2.33. The monoisotopic (exact) mass is 274 g/mol. The summed E-state index contributed by atoms with van der Waals surface area (Å²) in [6, 6.07) is 1.85. The van der Waals surface area contributed by atoms with Crippen LogP contribution in [0.5, 0.6) is 17.2 Å². The molecule has 3 rings (SSSR count). The molecule has 1 aromatic carbocycles. The first kappa shape index (κ1) is 12.8. The van der Waals surface area contributed by atoms with E-state index in [9.17, 15) is 0 Å². The minimum absolute atomic E-state index is 0.550. The molecular formula is C15H18N2O3. The number of benzene rings is 1. The fourth-order valence-corrected chi connectivity index (χ4v) is 2.93. The third kappa shape index (κ3) is 1.66. The summed E-state index contributed by atoms with van der Waals surface area (Å²) < 4.78 is 16.3. The number of hydrogen-bond acceptors (Lipinski definition) is 5. The maximum Gasteiger partial charge on any atom is 0.204 e. The van der Waals surface area contributed by atoms with Crippen LogP contribution in [0.1, 0.15) is 17.7 Å². The molecule has 0 spiro atoms. The van der Waals surface area contributed by atoms with Crippen LogP contribution in [-0.2, 0) is 12.8 Å². The second kappa shape index (κ2) is 4.74. The van der Waals surface area contributed by atoms with Crippen molar-refractivity contribution in [2.45, 2.75) is 19.3 Å². The maximum atomic E-state index is 6.35. The molecule has 0 saturated heterocycles. The zero-order chi connectivity index (χ0) is 14.3. The molecule has 20 heavy (non-hydrogen) atoms. The Morgan fingerprint density at radius 3 is 2.45 bits per heavy atom. The Hall–Kier alpha value is -2.17. The van der Waals surface area contributed by atoms with Crippen LogP contribution in [0.15, 0.2) is 6.07 Å². The normalized spacial score (nSPS) is 13.3. The summed E-state index contributed by atoms with van der Waals surface area (Å²) in [5.74, 6) is 1.73. The molecule has 0 unspecified atom stereocenters. The number of aryl methyl sites for hydroxylation is 1. The van der Waals surface area contributed by atoms with E-state index in [1.54, 1.807) is 21.3 Å². The zero-order valence-electron chi connectivity index (χ0n) is 11.9. The van der Waals surface area contributed by atoms with Crippen molar-refractivity contribution in [3.63, 3.8) is 0 Å². The van der Waals surface area contributed by atoms with Crippen molar-refractivity contribution in [2.75, 3.05) is 27.1 Å². The van der Waals surface area contributed by atoms with Crippen molar-refractivity contribution in [1.29, 1.82) is 0 Å². The highest BCUT2D eigenvalue weighted by Gasteiger charge is 2.24. The Bertz CT molecular complexity index is 683. The molecule has 2 N–H and O–H groups in total. The van der Waals surface area contributed by atoms with Gasteiger partial charge in [0.2, 0.25) is 5.75 Å². The Labute approximate surface area is 117 Å². The van der Waals surface area contributed by atoms with Crippen LogP contribution in [0.4, 0.5) is 5.69 Å². The summed E-state index contributed by atoms with van der Waals surface area (Å²) in [5.41, 5.74) is 10.1. The summed E-state index contributed by atoms with van der Waals surface area (Å²) in [7, 11) is 4.78. The molecule has 0 radical (unpaired) electrons. The molecule has 1 aliphatic rings. The van der Waals surface area contributed by atoms with E-state index in [4.69, 9.17) is 24.9 Å². The highest BCUT2D eigenvalue weighted by Crippen LogP contribution is 2.46. The second-order valence-corrected chi connectivity index (χ2v) is 4.84. The third-order valence-corrected chi connectivity index (χ3v) is 3.85. The van der Waals surface area contributed by atoms with Crippen LogP contribution in [0.3, 0.4) is 0 Å². The topological polar surface area (TPSA) is 66.6 Å². The number of pyridine rings is 1. The molecule has 0 amide bonds. The van der Waals surface area contributed by atoms with E-state index in [0.29, 0.717) is 17.2 Å². The highest BCUT2D eigenvalue weighted by molar-refractivity contribution is 6.00. The van der Waals surface area contributed by atoms with Crippen LogP contribution < -0.4 is 19.9 Å². The van der Waals surface area contributed by atoms with Crippen molar-refractivity contribution >= 4 is 16.6 Å². The first-order chi connectivity index (χ1) is 9.71. The Balaban J connectivity index is 2.43. The average Bonchev–Trinajstić information content (AvgIpc) is 2.93. The Kier molecular flexibility index (Phi) is 3.04. The van der Waals surface area contributed by atoms with E-state index in [0.717, 1.165) is 47.1 Å². The number of fused-ring (bicyclic) bond motifs is 2. The van der Waals surface area contributed by atoms with E-state index < -0.39 is 0 Å². The highest BCUT2D eigenvalue weighted by atomic mass is 16.5. The number of nitrogen functional groups attached to an aromatic ring is 1. The Morgan fingerprint density at radius 1 is 1.05 bits per heavy atom. The van der Waals surface area contributed by atoms with Gasteiger partial charge in [0.05, 0.1) is 32.2 Å². The van der Waals surface area contributed by atoms with Gasteiger partial charge in [-0.25, -0.2) is 0 Å². The van der Waals surface area contributed by atoms with Gasteiger partial charge >= 0.3 is 0 Å². The summed E-state index contributed by atoms with van der Waals surface area (Å²) >= 11 is 0. The number of hydrogen-bond donors (Lipinski definition) is 1. The third-order valence-electron chi connectivity index (χ3n) is 3.85. The van der Waals surface area contributed by atoms with E-state index in [1.165, 1.54) is 0 Å². The van der Waals surface area contributed by atoms with Gasteiger partial charge in [0, 0.05) is 17.4 Å². The molecule has 5 heteroatoms. The van der Waals surface area contributed by atoms with Crippen LogP contribution in [0.2, 0.25) is 0 Å². The molecular weight excluding hydrogens is 256 g/mol. The van der Waals surface area contributed by atoms with E-state index in [1.807, 2.05) is 6.07 Å². The number of nitrogens with two attached hydrogens (primary N) is 1. The number of nitrogens with zero attached hydrogens (tertiary/aromatic N) is 1. The predicted molar refractivity (Wildman–Crippen MR) is 77.8 cm³/mol. The van der Waals surface area contributed by atoms with Crippen LogP contribution in [0.25, 0.3) is 10.9 Å². The summed E-state index contributed by atoms with van der Waals surface area (Å²) in [6.45, 7) is 0. The molecule has 1 heterocycles. The van der Waals surface area contributed by atoms with Crippen molar-refractivity contribution in [3.05, 3.63) is 17.3 Å². The lowest BCUT2D eigenvalue weighted by molar-refractivity contribution is 0.327. The average molecular weight is 274 g/mol. The van der Waals surface area contributed by atoms with Crippen molar-refractivity contribution < 1.29 is 14.2 Å². The fraction of sp³-hybridized carbons (Fsp3) is 0.400. The van der Waals surface area contributed by atoms with Gasteiger partial charge in [-0.05, 0) is 24.8 Å². The summed E-state index contributed by atoms with van der Waals surface area (Å²) in [5, 5.41) is 0.811. The fourth-order valence-electron chi connectivity index (χ4n) is 2.93. The molecule has 1 aromatic heterocycles. The van der Waals surface area contributed by atoms with Gasteiger partial charge < -0.3 is 19.9 Å². The lowest BCUT2D eigenvalue weighted by atomic mass is 10.1. The minimum Gasteiger partial charge on any atom is -0.493 e. The molecule has 5 nitrogen and oxygen atoms in total. The van der Waals surface area contributed by atoms with Gasteiger partial charge in [-0.15, -0.1) is 0 Å². The van der Waals surface area contributed by atoms with Gasteiger partial charge in [-0.3, -0.25) is 4.98 Å². The van der Waals surface area contributed by atoms with E-state index in [2.05, 4.69) is 0 Å². The van der Waals surface area contributed by atoms with Crippen LogP contribution in [0, 0.1) is 0 Å². The zero-order valence-corrected chi connectivity index (χ0v) is 11.9. The van der Waals surface area contributed by atoms with E-state index >= 15 is 0 Å². The van der Waals surface area contributed by atoms with Crippen molar-refractivity contribution in [1.82, 2.24) is 4.98 Å². The van der Waals surface area contributed by atoms with Crippen LogP contribution >= 0.6 is 0 Å². The molecule has 0 atom stereocenters. The quantitative estimate of drug-likeness (QED) is 0.930. The van der Waals surface area contributed by atoms with Gasteiger partial charge in [-0.1, -0.05) is 0 Å². The maximum absolute atomic E-state index is 6.35. The number of ether oxygens (including phenoxy) is 3. The number of aromatic nitrogens is 1. The summed E-state index contributed by atoms with van der Waals surface area (Å²) in [6.07, 6.45) is 3.05. The second-order valence-electron chi connectivity index (χ2n) is 4.84. The lowest BCUT2D eigenvalue weighted by Crippen LogP contribution is -2.02. The van der Waals surface area contributed by atoms with E-state index in [-0.39, 0.29) is 0 Å². The van der Waals surface area contributed by atoms with Gasteiger partial charge in [0.15, 0.2) is 11.5 Å². The minimum atomic E-state index is 0.550. The number of anilines is 1. The van der Waals surface area contributed by atoms with Gasteiger partial charge in [0.1, 0.15) is 0 Å². The lowest BCUT2D eigenvalue weighted by Gasteiger charge is -2.17. The van der Waals surface area contributed by atoms with Crippen LogP contribution in [-0.4, -0.2) is 26.3 Å². The SMILES string of the molecule is COc1cc2nc3c(c(N)c2c(OC)c1OC)CCC3. The van der Waals surface area contributed by atoms with Crippen molar-refractivity contribution in [2.24, 2.45) is 0 Å². The van der Waals surface area contributed by atoms with Crippen molar-refractivity contribution in [3.8, 4) is 17.2 Å². The molecule has 1 aliphatic carbocycles. The smallest absolute Gasteiger partial charge is 0.204 e. The molecule has 0 fully saturated rings. The largest absolute Gasteiger partial charge is 0.493 e. The van der Waals surface area contributed by atoms with Gasteiger partial charge in [0.25, 0.3) is 0 Å². The molecule has 106 valence electrons. The standard InChI is InChI=1S/C15H18N2O3/c1-18-11-7-10-12(15(20-3)14(11)19-2)13(16)8-5-4-6-9(8)17-10/h7H,4-6H2,1-3H3,(H2,16,17). The molecule has 2 aromatic rings. The molecule has 0 saturated carbocycles.